The SMILES string of the molecule is Cc1c(C)c(S(=O)(=O)NC(=NCCC[C@H](NC(=O)OCC2c3ccccc3-c3ccccc32)C(=O)N(C)CCCCCN)N(C)C)c(C)c2c1OC(C)(C)C2. The van der Waals surface area contributed by atoms with E-state index in [-0.39, 0.29) is 42.3 Å². The highest BCUT2D eigenvalue weighted by Gasteiger charge is 2.37. The standard InChI is InChI=1S/C42H58N6O6S/c1-27-28(2)38(29(3)34-25-42(4,5)54-37(27)34)55(51,52)46-40(47(6)7)44-23-16-21-36(39(49)48(8)24-15-9-14-22-43)45-41(50)53-26-35-32-19-12-10-17-30(32)31-18-11-13-20-33(31)35/h10-13,17-20,35-36H,9,14-16,21-26,43H2,1-8H3,(H,44,46)(H,45,50)/t36-/m0/s1. The van der Waals surface area contributed by atoms with Crippen LogP contribution in [0.5, 0.6) is 5.75 Å². The predicted molar refractivity (Wildman–Crippen MR) is 217 cm³/mol. The quantitative estimate of drug-likeness (QED) is 0.0996. The molecule has 55 heavy (non-hydrogen) atoms. The number of nitrogens with two attached hydrogens (primary N) is 1. The number of ether oxygens (including phenoxy) is 2. The van der Waals surface area contributed by atoms with Crippen LogP contribution in [0.3, 0.4) is 0 Å². The Labute approximate surface area is 326 Å². The van der Waals surface area contributed by atoms with Crippen molar-refractivity contribution in [1.29, 1.82) is 0 Å². The Bertz CT molecular complexity index is 1980. The second-order valence-electron chi connectivity index (χ2n) is 15.5. The number of alkyl carbamates (subject to hydrolysis) is 1. The molecule has 3 aromatic rings. The lowest BCUT2D eigenvalue weighted by molar-refractivity contribution is -0.132. The number of aliphatic imine (C=N–C) groups is 1. The van der Waals surface area contributed by atoms with Crippen LogP contribution in [0.1, 0.15) is 85.3 Å². The Morgan fingerprint density at radius 1 is 0.945 bits per heavy atom. The van der Waals surface area contributed by atoms with E-state index in [1.807, 2.05) is 52.0 Å². The summed E-state index contributed by atoms with van der Waals surface area (Å²) in [6, 6.07) is 15.4. The number of benzene rings is 3. The zero-order valence-corrected chi connectivity index (χ0v) is 34.4. The van der Waals surface area contributed by atoms with Crippen LogP contribution in [0.4, 0.5) is 4.79 Å². The summed E-state index contributed by atoms with van der Waals surface area (Å²) in [5.41, 5.74) is 12.7. The van der Waals surface area contributed by atoms with Gasteiger partial charge in [-0.15, -0.1) is 0 Å². The number of likely N-dealkylation sites (N-methyl/N-ethyl adjacent to an activating group) is 1. The molecule has 1 atom stereocenters. The fraction of sp³-hybridized carbons (Fsp3) is 0.500. The number of carbonyl (C=O) groups excluding carboxylic acids is 2. The molecule has 13 heteroatoms. The number of hydrogen-bond donors (Lipinski definition) is 3. The third-order valence-electron chi connectivity index (χ3n) is 10.6. The maximum atomic E-state index is 14.0. The van der Waals surface area contributed by atoms with Crippen LogP contribution in [0.25, 0.3) is 11.1 Å². The van der Waals surface area contributed by atoms with Crippen molar-refractivity contribution in [1.82, 2.24) is 19.8 Å². The first-order valence-electron chi connectivity index (χ1n) is 19.2. The fourth-order valence-electron chi connectivity index (χ4n) is 7.65. The Hall–Kier alpha value is -4.62. The van der Waals surface area contributed by atoms with Gasteiger partial charge in [-0.2, -0.15) is 0 Å². The van der Waals surface area contributed by atoms with Crippen LogP contribution in [0.15, 0.2) is 58.4 Å². The van der Waals surface area contributed by atoms with Crippen molar-refractivity contribution >= 4 is 28.0 Å². The number of unbranched alkanes of at least 4 members (excludes halogenated alkanes) is 2. The summed E-state index contributed by atoms with van der Waals surface area (Å²) in [7, 11) is 1.14. The minimum absolute atomic E-state index is 0.117. The minimum atomic E-state index is -4.03. The number of nitrogens with one attached hydrogen (secondary N) is 2. The van der Waals surface area contributed by atoms with E-state index in [9.17, 15) is 18.0 Å². The minimum Gasteiger partial charge on any atom is -0.487 e. The summed E-state index contributed by atoms with van der Waals surface area (Å²) in [5.74, 6) is 0.577. The van der Waals surface area contributed by atoms with Gasteiger partial charge in [0.1, 0.15) is 24.0 Å². The maximum absolute atomic E-state index is 14.0. The fourth-order valence-corrected chi connectivity index (χ4v) is 9.32. The molecule has 1 aliphatic carbocycles. The van der Waals surface area contributed by atoms with E-state index in [1.165, 1.54) is 0 Å². The summed E-state index contributed by atoms with van der Waals surface area (Å²) in [4.78, 5) is 35.1. The smallest absolute Gasteiger partial charge is 0.407 e. The van der Waals surface area contributed by atoms with Crippen molar-refractivity contribution < 1.29 is 27.5 Å². The number of sulfonamides is 1. The van der Waals surface area contributed by atoms with Gasteiger partial charge in [0.25, 0.3) is 10.0 Å². The molecule has 0 saturated heterocycles. The van der Waals surface area contributed by atoms with Gasteiger partial charge in [-0.05, 0) is 106 Å². The zero-order chi connectivity index (χ0) is 40.1. The molecule has 12 nitrogen and oxygen atoms in total. The number of amides is 2. The van der Waals surface area contributed by atoms with Crippen LogP contribution in [-0.4, -0.2) is 95.2 Å². The average molecular weight is 775 g/mol. The lowest BCUT2D eigenvalue weighted by atomic mass is 9.94. The first-order valence-corrected chi connectivity index (χ1v) is 20.7. The number of fused-ring (bicyclic) bond motifs is 4. The van der Waals surface area contributed by atoms with Crippen LogP contribution in [0, 0.1) is 20.8 Å². The third kappa shape index (κ3) is 9.44. The lowest BCUT2D eigenvalue weighted by Crippen LogP contribution is -2.48. The van der Waals surface area contributed by atoms with Crippen molar-refractivity contribution in [2.45, 2.75) is 95.6 Å². The summed E-state index contributed by atoms with van der Waals surface area (Å²) >= 11 is 0. The molecule has 3 aromatic carbocycles. The van der Waals surface area contributed by atoms with E-state index in [2.05, 4.69) is 39.3 Å². The molecule has 0 bridgehead atoms. The third-order valence-corrected chi connectivity index (χ3v) is 12.2. The van der Waals surface area contributed by atoms with E-state index in [0.717, 1.165) is 58.4 Å². The number of rotatable bonds is 15. The topological polar surface area (TPSA) is 156 Å². The summed E-state index contributed by atoms with van der Waals surface area (Å²) in [6.45, 7) is 11.0. The van der Waals surface area contributed by atoms with Gasteiger partial charge in [0, 0.05) is 52.1 Å². The molecule has 0 saturated carbocycles. The largest absolute Gasteiger partial charge is 0.487 e. The molecular weight excluding hydrogens is 717 g/mol. The van der Waals surface area contributed by atoms with Crippen molar-refractivity contribution in [3.8, 4) is 16.9 Å². The highest BCUT2D eigenvalue weighted by atomic mass is 32.2. The van der Waals surface area contributed by atoms with Gasteiger partial charge in [-0.25, -0.2) is 17.9 Å². The monoisotopic (exact) mass is 774 g/mol. The Kier molecular flexibility index (Phi) is 13.2. The maximum Gasteiger partial charge on any atom is 0.407 e. The summed E-state index contributed by atoms with van der Waals surface area (Å²) in [6.07, 6.45) is 3.16. The van der Waals surface area contributed by atoms with E-state index in [1.54, 1.807) is 37.9 Å². The number of hydrogen-bond acceptors (Lipinski definition) is 8. The molecule has 5 rings (SSSR count). The highest BCUT2D eigenvalue weighted by molar-refractivity contribution is 7.90. The van der Waals surface area contributed by atoms with Crippen LogP contribution >= 0.6 is 0 Å². The second-order valence-corrected chi connectivity index (χ2v) is 17.1. The average Bonchev–Trinajstić information content (AvgIpc) is 3.65. The zero-order valence-electron chi connectivity index (χ0n) is 33.6. The molecule has 2 amide bonds. The first kappa shape index (κ1) is 41.5. The number of carbonyl (C=O) groups is 2. The number of guanidine groups is 1. The highest BCUT2D eigenvalue weighted by Crippen LogP contribution is 2.45. The van der Waals surface area contributed by atoms with Gasteiger partial charge in [0.05, 0.1) is 4.90 Å². The molecule has 2 aliphatic rings. The van der Waals surface area contributed by atoms with Gasteiger partial charge in [-0.3, -0.25) is 9.79 Å². The molecule has 1 heterocycles. The van der Waals surface area contributed by atoms with Gasteiger partial charge in [0.15, 0.2) is 0 Å². The molecular formula is C42H58N6O6S. The Morgan fingerprint density at radius 2 is 1.58 bits per heavy atom. The predicted octanol–water partition coefficient (Wildman–Crippen LogP) is 5.80. The summed E-state index contributed by atoms with van der Waals surface area (Å²) in [5, 5.41) is 2.83. The molecule has 0 radical (unpaired) electrons. The van der Waals surface area contributed by atoms with E-state index < -0.39 is 27.8 Å². The van der Waals surface area contributed by atoms with Gasteiger partial charge in [-0.1, -0.05) is 55.0 Å². The number of nitrogens with zero attached hydrogens (tertiary/aromatic N) is 3. The summed E-state index contributed by atoms with van der Waals surface area (Å²) < 4.78 is 42.6. The van der Waals surface area contributed by atoms with Crippen LogP contribution in [-0.2, 0) is 26.0 Å². The van der Waals surface area contributed by atoms with Crippen molar-refractivity contribution in [3.05, 3.63) is 81.9 Å². The van der Waals surface area contributed by atoms with Crippen molar-refractivity contribution in [2.24, 2.45) is 10.7 Å². The molecule has 298 valence electrons. The molecule has 0 spiro atoms. The Morgan fingerprint density at radius 3 is 2.20 bits per heavy atom. The second kappa shape index (κ2) is 17.5. The van der Waals surface area contributed by atoms with Gasteiger partial charge < -0.3 is 30.3 Å². The Balaban J connectivity index is 1.27. The van der Waals surface area contributed by atoms with Crippen molar-refractivity contribution in [2.75, 3.05) is 47.4 Å². The van der Waals surface area contributed by atoms with Gasteiger partial charge in [0.2, 0.25) is 11.9 Å². The molecule has 4 N–H and O–H groups in total. The molecule has 1 aliphatic heterocycles. The lowest BCUT2D eigenvalue weighted by Gasteiger charge is -2.25. The van der Waals surface area contributed by atoms with E-state index in [0.29, 0.717) is 37.1 Å². The molecule has 0 unspecified atom stereocenters. The van der Waals surface area contributed by atoms with Crippen molar-refractivity contribution in [3.63, 3.8) is 0 Å². The van der Waals surface area contributed by atoms with E-state index >= 15 is 0 Å². The molecule has 0 aromatic heterocycles. The van der Waals surface area contributed by atoms with E-state index in [4.69, 9.17) is 15.2 Å². The van der Waals surface area contributed by atoms with Crippen LogP contribution in [0.2, 0.25) is 0 Å². The van der Waals surface area contributed by atoms with Gasteiger partial charge >= 0.3 is 6.09 Å². The normalized spacial score (nSPS) is 15.0. The molecule has 0 fully saturated rings. The van der Waals surface area contributed by atoms with Crippen LogP contribution < -0.4 is 20.5 Å². The first-order chi connectivity index (χ1) is 26.1.